The van der Waals surface area contributed by atoms with Crippen molar-refractivity contribution in [3.05, 3.63) is 17.8 Å². The van der Waals surface area contributed by atoms with Crippen molar-refractivity contribution < 1.29 is 4.42 Å². The Labute approximate surface area is 80.1 Å². The van der Waals surface area contributed by atoms with Crippen LogP contribution in [0.5, 0.6) is 0 Å². The smallest absolute Gasteiger partial charge is 0.295 e. The fourth-order valence-electron chi connectivity index (χ4n) is 0.984. The van der Waals surface area contributed by atoms with E-state index in [0.717, 1.165) is 5.69 Å². The largest absolute Gasteiger partial charge is 0.432 e. The first-order valence-electron chi connectivity index (χ1n) is 4.13. The monoisotopic (exact) mass is 194 g/mol. The van der Waals surface area contributed by atoms with Gasteiger partial charge >= 0.3 is 0 Å². The van der Waals surface area contributed by atoms with Crippen LogP contribution < -0.4 is 5.32 Å². The van der Waals surface area contributed by atoms with Crippen LogP contribution in [0.25, 0.3) is 0 Å². The maximum atomic E-state index is 5.09. The molecular formula is C7H10N6O. The third-order valence-electron chi connectivity index (χ3n) is 1.57. The fraction of sp³-hybridized carbons (Fsp3) is 0.429. The molecule has 0 fully saturated rings. The minimum Gasteiger partial charge on any atom is -0.432 e. The molecule has 0 spiro atoms. The predicted molar refractivity (Wildman–Crippen MR) is 47.4 cm³/mol. The van der Waals surface area contributed by atoms with Gasteiger partial charge in [-0.1, -0.05) is 0 Å². The minimum atomic E-state index is 0.452. The molecule has 7 heteroatoms. The third-order valence-corrected chi connectivity index (χ3v) is 1.57. The molecule has 2 heterocycles. The van der Waals surface area contributed by atoms with Crippen molar-refractivity contribution in [3.63, 3.8) is 0 Å². The first-order chi connectivity index (χ1) is 6.74. The molecule has 2 rings (SSSR count). The van der Waals surface area contributed by atoms with Crippen molar-refractivity contribution in [1.29, 1.82) is 0 Å². The van der Waals surface area contributed by atoms with E-state index in [1.807, 2.05) is 6.92 Å². The molecule has 0 saturated heterocycles. The van der Waals surface area contributed by atoms with E-state index in [4.69, 9.17) is 4.42 Å². The summed E-state index contributed by atoms with van der Waals surface area (Å²) in [5, 5.41) is 14.4. The molecule has 0 aliphatic heterocycles. The number of hydrogen-bond acceptors (Lipinski definition) is 6. The molecule has 0 aliphatic carbocycles. The highest BCUT2D eigenvalue weighted by Gasteiger charge is 2.03. The Morgan fingerprint density at radius 3 is 3.00 bits per heavy atom. The number of nitrogens with zero attached hydrogens (tertiary/aromatic N) is 5. The van der Waals surface area contributed by atoms with E-state index in [1.54, 1.807) is 13.3 Å². The van der Waals surface area contributed by atoms with Crippen LogP contribution >= 0.6 is 0 Å². The van der Waals surface area contributed by atoms with Gasteiger partial charge in [-0.3, -0.25) is 0 Å². The molecule has 0 atom stereocenters. The van der Waals surface area contributed by atoms with Crippen LogP contribution in [0.3, 0.4) is 0 Å². The molecular weight excluding hydrogens is 184 g/mol. The number of anilines is 1. The summed E-state index contributed by atoms with van der Waals surface area (Å²) in [6.07, 6.45) is 1.58. The zero-order valence-corrected chi connectivity index (χ0v) is 7.93. The second-order valence-corrected chi connectivity index (χ2v) is 2.84. The molecule has 0 bridgehead atoms. The van der Waals surface area contributed by atoms with Crippen molar-refractivity contribution in [1.82, 2.24) is 25.2 Å². The van der Waals surface area contributed by atoms with Crippen LogP contribution in [0.15, 0.2) is 10.7 Å². The standard InChI is InChI=1S/C7H10N6O/c1-5-4-14-7(9-5)8-3-6-10-12-13(2)11-6/h4H,3H2,1-2H3,(H,8,9). The van der Waals surface area contributed by atoms with E-state index >= 15 is 0 Å². The van der Waals surface area contributed by atoms with Crippen LogP contribution in [0.1, 0.15) is 11.5 Å². The van der Waals surface area contributed by atoms with Gasteiger partial charge in [-0.05, 0) is 12.1 Å². The van der Waals surface area contributed by atoms with Gasteiger partial charge in [0, 0.05) is 0 Å². The molecule has 2 aromatic heterocycles. The molecule has 74 valence electrons. The van der Waals surface area contributed by atoms with Crippen LogP contribution in [0.2, 0.25) is 0 Å². The summed E-state index contributed by atoms with van der Waals surface area (Å²) in [5.41, 5.74) is 0.833. The number of aromatic nitrogens is 5. The van der Waals surface area contributed by atoms with E-state index in [0.29, 0.717) is 18.4 Å². The van der Waals surface area contributed by atoms with Crippen molar-refractivity contribution in [2.24, 2.45) is 7.05 Å². The number of rotatable bonds is 3. The maximum Gasteiger partial charge on any atom is 0.295 e. The lowest BCUT2D eigenvalue weighted by atomic mass is 10.6. The van der Waals surface area contributed by atoms with E-state index < -0.39 is 0 Å². The van der Waals surface area contributed by atoms with E-state index in [2.05, 4.69) is 25.7 Å². The second kappa shape index (κ2) is 3.44. The first-order valence-corrected chi connectivity index (χ1v) is 4.13. The highest BCUT2D eigenvalue weighted by molar-refractivity contribution is 5.20. The number of hydrogen-bond donors (Lipinski definition) is 1. The van der Waals surface area contributed by atoms with Gasteiger partial charge in [0.05, 0.1) is 19.3 Å². The quantitative estimate of drug-likeness (QED) is 0.747. The average Bonchev–Trinajstić information content (AvgIpc) is 2.72. The molecule has 0 unspecified atom stereocenters. The fourth-order valence-corrected chi connectivity index (χ4v) is 0.984. The van der Waals surface area contributed by atoms with E-state index in [-0.39, 0.29) is 0 Å². The minimum absolute atomic E-state index is 0.452. The summed E-state index contributed by atoms with van der Waals surface area (Å²) in [4.78, 5) is 5.47. The van der Waals surface area contributed by atoms with Gasteiger partial charge in [-0.2, -0.15) is 9.78 Å². The van der Waals surface area contributed by atoms with Gasteiger partial charge in [0.25, 0.3) is 6.01 Å². The summed E-state index contributed by atoms with van der Waals surface area (Å²) in [5.74, 6) is 0.600. The van der Waals surface area contributed by atoms with Crippen LogP contribution in [-0.4, -0.2) is 25.2 Å². The van der Waals surface area contributed by atoms with Gasteiger partial charge in [0.2, 0.25) is 0 Å². The zero-order chi connectivity index (χ0) is 9.97. The zero-order valence-electron chi connectivity index (χ0n) is 7.93. The van der Waals surface area contributed by atoms with Crippen molar-refractivity contribution in [2.45, 2.75) is 13.5 Å². The molecule has 0 amide bonds. The SMILES string of the molecule is Cc1coc(NCc2nnn(C)n2)n1. The summed E-state index contributed by atoms with van der Waals surface area (Å²) in [7, 11) is 1.71. The average molecular weight is 194 g/mol. The van der Waals surface area contributed by atoms with Crippen molar-refractivity contribution in [3.8, 4) is 0 Å². The number of oxazole rings is 1. The Morgan fingerprint density at radius 1 is 1.57 bits per heavy atom. The molecule has 7 nitrogen and oxygen atoms in total. The van der Waals surface area contributed by atoms with E-state index in [9.17, 15) is 0 Å². The Bertz CT molecular complexity index is 379. The number of tetrazole rings is 1. The van der Waals surface area contributed by atoms with Gasteiger partial charge in [0.15, 0.2) is 5.82 Å². The Morgan fingerprint density at radius 2 is 2.43 bits per heavy atom. The number of nitrogens with one attached hydrogen (secondary N) is 1. The highest BCUT2D eigenvalue weighted by Crippen LogP contribution is 2.06. The Balaban J connectivity index is 1.94. The molecule has 14 heavy (non-hydrogen) atoms. The van der Waals surface area contributed by atoms with Gasteiger partial charge < -0.3 is 9.73 Å². The van der Waals surface area contributed by atoms with Crippen LogP contribution in [-0.2, 0) is 13.6 Å². The van der Waals surface area contributed by atoms with E-state index in [1.165, 1.54) is 4.80 Å². The Kier molecular flexibility index (Phi) is 2.13. The topological polar surface area (TPSA) is 81.7 Å². The predicted octanol–water partition coefficient (Wildman–Crippen LogP) is 0.119. The Hall–Kier alpha value is -1.92. The molecule has 0 aromatic carbocycles. The van der Waals surface area contributed by atoms with Gasteiger partial charge in [-0.15, -0.1) is 10.2 Å². The molecule has 0 radical (unpaired) electrons. The number of aryl methyl sites for hydroxylation is 2. The lowest BCUT2D eigenvalue weighted by Gasteiger charge is -1.94. The molecule has 0 saturated carbocycles. The second-order valence-electron chi connectivity index (χ2n) is 2.84. The summed E-state index contributed by atoms with van der Waals surface area (Å²) < 4.78 is 5.09. The van der Waals surface area contributed by atoms with Gasteiger partial charge in [-0.25, -0.2) is 0 Å². The summed E-state index contributed by atoms with van der Waals surface area (Å²) in [6.45, 7) is 2.31. The maximum absolute atomic E-state index is 5.09. The lowest BCUT2D eigenvalue weighted by molar-refractivity contribution is 0.568. The normalized spacial score (nSPS) is 10.4. The van der Waals surface area contributed by atoms with Crippen molar-refractivity contribution >= 4 is 6.01 Å². The van der Waals surface area contributed by atoms with Crippen LogP contribution in [0, 0.1) is 6.92 Å². The van der Waals surface area contributed by atoms with Gasteiger partial charge in [0.1, 0.15) is 6.26 Å². The summed E-state index contributed by atoms with van der Waals surface area (Å²) in [6, 6.07) is 0.468. The summed E-state index contributed by atoms with van der Waals surface area (Å²) >= 11 is 0. The third kappa shape index (κ3) is 1.87. The van der Waals surface area contributed by atoms with Crippen LogP contribution in [0.4, 0.5) is 6.01 Å². The lowest BCUT2D eigenvalue weighted by Crippen LogP contribution is -2.02. The highest BCUT2D eigenvalue weighted by atomic mass is 16.4. The molecule has 2 aromatic rings. The first kappa shape index (κ1) is 8.67. The molecule has 0 aliphatic rings. The van der Waals surface area contributed by atoms with Crippen molar-refractivity contribution in [2.75, 3.05) is 5.32 Å². The molecule has 1 N–H and O–H groups in total.